The normalized spacial score (nSPS) is 15.3. The Morgan fingerprint density at radius 2 is 1.78 bits per heavy atom. The molecule has 1 aliphatic rings. The van der Waals surface area contributed by atoms with E-state index in [4.69, 9.17) is 9.78 Å². The zero-order valence-electron chi connectivity index (χ0n) is 15.6. The molecule has 0 unspecified atom stereocenters. The van der Waals surface area contributed by atoms with E-state index < -0.39 is 11.4 Å². The maximum absolute atomic E-state index is 12.5. The van der Waals surface area contributed by atoms with E-state index in [0.717, 1.165) is 12.8 Å². The number of nitrogens with zero attached hydrogens (tertiary/aromatic N) is 2. The van der Waals surface area contributed by atoms with E-state index in [-0.39, 0.29) is 11.8 Å². The SMILES string of the molecule is CC(C)(C(=O)OOc1ccccc1)C1CCN(C(=O)c2cccnc2)CC1. The van der Waals surface area contributed by atoms with Gasteiger partial charge in [-0.2, -0.15) is 0 Å². The van der Waals surface area contributed by atoms with Gasteiger partial charge < -0.3 is 4.90 Å². The number of likely N-dealkylation sites (tertiary alicyclic amines) is 1. The molecule has 0 aliphatic carbocycles. The van der Waals surface area contributed by atoms with Crippen molar-refractivity contribution in [2.45, 2.75) is 26.7 Å². The summed E-state index contributed by atoms with van der Waals surface area (Å²) in [5, 5.41) is 0. The average Bonchev–Trinajstić information content (AvgIpc) is 2.73. The van der Waals surface area contributed by atoms with Gasteiger partial charge in [-0.05, 0) is 56.9 Å². The van der Waals surface area contributed by atoms with Crippen molar-refractivity contribution in [1.29, 1.82) is 0 Å². The van der Waals surface area contributed by atoms with Crippen molar-refractivity contribution in [3.63, 3.8) is 0 Å². The van der Waals surface area contributed by atoms with Gasteiger partial charge in [0.2, 0.25) is 0 Å². The van der Waals surface area contributed by atoms with Crippen molar-refractivity contribution in [3.05, 3.63) is 60.4 Å². The first-order chi connectivity index (χ1) is 13.0. The van der Waals surface area contributed by atoms with Gasteiger partial charge in [-0.3, -0.25) is 14.7 Å². The molecule has 0 bridgehead atoms. The second-order valence-corrected chi connectivity index (χ2v) is 7.30. The predicted octanol–water partition coefficient (Wildman–Crippen LogP) is 3.50. The first kappa shape index (κ1) is 18.9. The molecule has 1 aliphatic heterocycles. The topological polar surface area (TPSA) is 68.7 Å². The molecule has 0 spiro atoms. The number of piperidine rings is 1. The number of amides is 1. The van der Waals surface area contributed by atoms with E-state index in [0.29, 0.717) is 24.4 Å². The van der Waals surface area contributed by atoms with Crippen molar-refractivity contribution in [3.8, 4) is 5.75 Å². The molecule has 0 N–H and O–H groups in total. The van der Waals surface area contributed by atoms with Crippen LogP contribution in [-0.4, -0.2) is 34.8 Å². The third-order valence-corrected chi connectivity index (χ3v) is 5.19. The van der Waals surface area contributed by atoms with Crippen LogP contribution in [0.1, 0.15) is 37.0 Å². The summed E-state index contributed by atoms with van der Waals surface area (Å²) < 4.78 is 0. The smallest absolute Gasteiger partial charge is 0.339 e. The Labute approximate surface area is 159 Å². The number of carbonyl (C=O) groups is 2. The monoisotopic (exact) mass is 368 g/mol. The molecule has 1 fully saturated rings. The van der Waals surface area contributed by atoms with Crippen molar-refractivity contribution in [1.82, 2.24) is 9.88 Å². The molecular formula is C21H24N2O4. The van der Waals surface area contributed by atoms with Gasteiger partial charge in [0.15, 0.2) is 5.75 Å². The largest absolute Gasteiger partial charge is 0.361 e. The second kappa shape index (κ2) is 8.20. The molecule has 1 aromatic heterocycles. The number of benzene rings is 1. The Bertz CT molecular complexity index is 769. The molecular weight excluding hydrogens is 344 g/mol. The van der Waals surface area contributed by atoms with Gasteiger partial charge in [0.25, 0.3) is 5.91 Å². The number of para-hydroxylation sites is 1. The molecule has 0 radical (unpaired) electrons. The minimum Gasteiger partial charge on any atom is -0.339 e. The average molecular weight is 368 g/mol. The van der Waals surface area contributed by atoms with Crippen LogP contribution < -0.4 is 4.89 Å². The summed E-state index contributed by atoms with van der Waals surface area (Å²) >= 11 is 0. The number of aromatic nitrogens is 1. The van der Waals surface area contributed by atoms with Crippen molar-refractivity contribution in [2.24, 2.45) is 11.3 Å². The van der Waals surface area contributed by atoms with Crippen LogP contribution in [0.25, 0.3) is 0 Å². The second-order valence-electron chi connectivity index (χ2n) is 7.30. The zero-order chi connectivity index (χ0) is 19.3. The van der Waals surface area contributed by atoms with Crippen LogP contribution >= 0.6 is 0 Å². The Balaban J connectivity index is 1.54. The van der Waals surface area contributed by atoms with E-state index in [2.05, 4.69) is 4.98 Å². The molecule has 142 valence electrons. The molecule has 0 saturated carbocycles. The van der Waals surface area contributed by atoms with Crippen LogP contribution in [0.2, 0.25) is 0 Å². The lowest BCUT2D eigenvalue weighted by Crippen LogP contribution is -2.45. The first-order valence-corrected chi connectivity index (χ1v) is 9.12. The summed E-state index contributed by atoms with van der Waals surface area (Å²) in [7, 11) is 0. The Morgan fingerprint density at radius 1 is 1.07 bits per heavy atom. The maximum atomic E-state index is 12.5. The molecule has 0 atom stereocenters. The zero-order valence-corrected chi connectivity index (χ0v) is 15.6. The Morgan fingerprint density at radius 3 is 2.41 bits per heavy atom. The van der Waals surface area contributed by atoms with E-state index in [1.807, 2.05) is 36.9 Å². The number of hydrogen-bond acceptors (Lipinski definition) is 5. The lowest BCUT2D eigenvalue weighted by Gasteiger charge is -2.38. The number of pyridine rings is 1. The molecule has 6 heteroatoms. The quantitative estimate of drug-likeness (QED) is 0.597. The van der Waals surface area contributed by atoms with Gasteiger partial charge >= 0.3 is 5.97 Å². The lowest BCUT2D eigenvalue weighted by molar-refractivity contribution is -0.227. The van der Waals surface area contributed by atoms with Gasteiger partial charge in [0.1, 0.15) is 0 Å². The van der Waals surface area contributed by atoms with Crippen molar-refractivity contribution < 1.29 is 19.4 Å². The summed E-state index contributed by atoms with van der Waals surface area (Å²) in [6.45, 7) is 4.95. The van der Waals surface area contributed by atoms with Gasteiger partial charge in [0, 0.05) is 25.5 Å². The predicted molar refractivity (Wildman–Crippen MR) is 99.8 cm³/mol. The summed E-state index contributed by atoms with van der Waals surface area (Å²) in [5.74, 6) is 0.179. The molecule has 27 heavy (non-hydrogen) atoms. The van der Waals surface area contributed by atoms with Crippen LogP contribution in [0, 0.1) is 11.3 Å². The van der Waals surface area contributed by atoms with Crippen LogP contribution in [0.4, 0.5) is 0 Å². The minimum atomic E-state index is -0.696. The highest BCUT2D eigenvalue weighted by Gasteiger charge is 2.41. The van der Waals surface area contributed by atoms with Gasteiger partial charge in [-0.15, -0.1) is 0 Å². The fraction of sp³-hybridized carbons (Fsp3) is 0.381. The molecule has 6 nitrogen and oxygen atoms in total. The molecule has 2 heterocycles. The van der Waals surface area contributed by atoms with Crippen LogP contribution in [-0.2, 0) is 9.68 Å². The number of hydrogen-bond donors (Lipinski definition) is 0. The summed E-state index contributed by atoms with van der Waals surface area (Å²) in [6, 6.07) is 12.5. The van der Waals surface area contributed by atoms with Crippen molar-refractivity contribution in [2.75, 3.05) is 13.1 Å². The van der Waals surface area contributed by atoms with E-state index in [1.54, 1.807) is 36.7 Å². The summed E-state index contributed by atoms with van der Waals surface area (Å²) in [6.07, 6.45) is 4.70. The molecule has 1 aromatic carbocycles. The van der Waals surface area contributed by atoms with E-state index in [9.17, 15) is 9.59 Å². The van der Waals surface area contributed by atoms with E-state index in [1.165, 1.54) is 0 Å². The standard InChI is InChI=1S/C21H24N2O4/c1-21(2,20(25)27-26-18-8-4-3-5-9-18)17-10-13-23(14-11-17)19(24)16-7-6-12-22-15-16/h3-9,12,15,17H,10-11,13-14H2,1-2H3. The molecule has 1 amide bonds. The maximum Gasteiger partial charge on any atom is 0.361 e. The van der Waals surface area contributed by atoms with Crippen LogP contribution in [0.5, 0.6) is 5.75 Å². The molecule has 2 aromatic rings. The third kappa shape index (κ3) is 4.45. The highest BCUT2D eigenvalue weighted by atomic mass is 17.2. The fourth-order valence-corrected chi connectivity index (χ4v) is 3.31. The number of carbonyl (C=O) groups excluding carboxylic acids is 2. The van der Waals surface area contributed by atoms with Crippen LogP contribution in [0.15, 0.2) is 54.9 Å². The van der Waals surface area contributed by atoms with Gasteiger partial charge in [-0.25, -0.2) is 9.68 Å². The summed E-state index contributed by atoms with van der Waals surface area (Å²) in [4.78, 5) is 41.1. The molecule has 3 rings (SSSR count). The van der Waals surface area contributed by atoms with Gasteiger partial charge in [-0.1, -0.05) is 18.2 Å². The number of rotatable bonds is 5. The first-order valence-electron chi connectivity index (χ1n) is 9.12. The Kier molecular flexibility index (Phi) is 5.74. The van der Waals surface area contributed by atoms with E-state index >= 15 is 0 Å². The van der Waals surface area contributed by atoms with Crippen molar-refractivity contribution >= 4 is 11.9 Å². The lowest BCUT2D eigenvalue weighted by atomic mass is 9.73. The summed E-state index contributed by atoms with van der Waals surface area (Å²) in [5.41, 5.74) is -0.107. The highest BCUT2D eigenvalue weighted by Crippen LogP contribution is 2.36. The highest BCUT2D eigenvalue weighted by molar-refractivity contribution is 5.93. The van der Waals surface area contributed by atoms with Crippen LogP contribution in [0.3, 0.4) is 0 Å². The third-order valence-electron chi connectivity index (χ3n) is 5.19. The molecule has 1 saturated heterocycles. The Hall–Kier alpha value is -2.89. The fourth-order valence-electron chi connectivity index (χ4n) is 3.31. The minimum absolute atomic E-state index is 0.0191. The van der Waals surface area contributed by atoms with Gasteiger partial charge in [0.05, 0.1) is 11.0 Å².